The lowest BCUT2D eigenvalue weighted by atomic mass is 10.2. The van der Waals surface area contributed by atoms with E-state index in [1.165, 1.54) is 11.3 Å². The second kappa shape index (κ2) is 9.12. The van der Waals surface area contributed by atoms with Crippen LogP contribution in [0.1, 0.15) is 34.8 Å². The Morgan fingerprint density at radius 3 is 2.78 bits per heavy atom. The molecule has 0 saturated carbocycles. The zero-order valence-electron chi connectivity index (χ0n) is 17.6. The Morgan fingerprint density at radius 1 is 1.19 bits per heavy atom. The molecule has 0 fully saturated rings. The molecule has 0 aliphatic rings. The number of esters is 1. The van der Waals surface area contributed by atoms with Gasteiger partial charge in [0.05, 0.1) is 35.5 Å². The second-order valence-corrected chi connectivity index (χ2v) is 7.72. The van der Waals surface area contributed by atoms with Crippen LogP contribution in [0.5, 0.6) is 5.75 Å². The number of carbonyl (C=O) groups excluding carboxylic acids is 2. The van der Waals surface area contributed by atoms with E-state index in [1.807, 2.05) is 19.1 Å². The van der Waals surface area contributed by atoms with Gasteiger partial charge in [-0.25, -0.2) is 4.79 Å². The molecule has 0 spiro atoms. The molecule has 1 amide bonds. The van der Waals surface area contributed by atoms with Crippen molar-refractivity contribution in [3.8, 4) is 18.1 Å². The Bertz CT molecular complexity index is 1430. The molecule has 162 valence electrons. The summed E-state index contributed by atoms with van der Waals surface area (Å²) in [6, 6.07) is 12.3. The maximum atomic E-state index is 12.9. The van der Waals surface area contributed by atoms with E-state index in [1.54, 1.807) is 41.8 Å². The van der Waals surface area contributed by atoms with Crippen LogP contribution in [0.2, 0.25) is 0 Å². The number of nitrogens with zero attached hydrogens (tertiary/aromatic N) is 2. The van der Waals surface area contributed by atoms with Gasteiger partial charge in [0.1, 0.15) is 0 Å². The number of fused-ring (bicyclic) bond motifs is 2. The summed E-state index contributed by atoms with van der Waals surface area (Å²) in [5, 5.41) is 0.751. The highest BCUT2D eigenvalue weighted by atomic mass is 32.1. The molecule has 7 nitrogen and oxygen atoms in total. The van der Waals surface area contributed by atoms with Crippen LogP contribution >= 0.6 is 11.3 Å². The Balaban J connectivity index is 1.78. The summed E-state index contributed by atoms with van der Waals surface area (Å²) in [5.74, 6) is 2.31. The highest BCUT2D eigenvalue weighted by molar-refractivity contribution is 7.16. The van der Waals surface area contributed by atoms with Crippen LogP contribution in [-0.4, -0.2) is 29.7 Å². The molecule has 0 unspecified atom stereocenters. The smallest absolute Gasteiger partial charge is 0.338 e. The van der Waals surface area contributed by atoms with Crippen molar-refractivity contribution >= 4 is 44.4 Å². The minimum Gasteiger partial charge on any atom is -0.490 e. The average molecular weight is 449 g/mol. The van der Waals surface area contributed by atoms with Gasteiger partial charge in [-0.1, -0.05) is 29.4 Å². The molecule has 0 saturated heterocycles. The maximum absolute atomic E-state index is 12.9. The first-order valence-electron chi connectivity index (χ1n) is 10.0. The lowest BCUT2D eigenvalue weighted by molar-refractivity contribution is 0.0526. The third-order valence-electron chi connectivity index (χ3n) is 4.66. The number of ether oxygens (including phenoxy) is 2. The first-order valence-corrected chi connectivity index (χ1v) is 10.9. The van der Waals surface area contributed by atoms with Gasteiger partial charge in [-0.3, -0.25) is 4.79 Å². The number of carbonyl (C=O) groups is 2. The number of benzene rings is 2. The van der Waals surface area contributed by atoms with E-state index < -0.39 is 11.9 Å². The quantitative estimate of drug-likeness (QED) is 0.323. The molecule has 2 aromatic heterocycles. The van der Waals surface area contributed by atoms with Gasteiger partial charge in [0.15, 0.2) is 21.9 Å². The molecule has 0 aliphatic heterocycles. The fourth-order valence-electron chi connectivity index (χ4n) is 3.30. The van der Waals surface area contributed by atoms with Crippen LogP contribution in [0.4, 0.5) is 0 Å². The summed E-state index contributed by atoms with van der Waals surface area (Å²) in [7, 11) is 0. The Morgan fingerprint density at radius 2 is 2.03 bits per heavy atom. The zero-order chi connectivity index (χ0) is 22.7. The van der Waals surface area contributed by atoms with E-state index in [-0.39, 0.29) is 18.9 Å². The number of furan rings is 1. The van der Waals surface area contributed by atoms with Crippen LogP contribution in [0, 0.1) is 12.3 Å². The molecule has 8 heteroatoms. The van der Waals surface area contributed by atoms with Crippen molar-refractivity contribution in [3.05, 3.63) is 58.6 Å². The van der Waals surface area contributed by atoms with Crippen molar-refractivity contribution in [2.75, 3.05) is 13.2 Å². The molecule has 0 radical (unpaired) electrons. The monoisotopic (exact) mass is 448 g/mol. The van der Waals surface area contributed by atoms with Gasteiger partial charge >= 0.3 is 11.9 Å². The Hall–Kier alpha value is -3.83. The summed E-state index contributed by atoms with van der Waals surface area (Å²) < 4.78 is 18.9. The first-order chi connectivity index (χ1) is 15.5. The van der Waals surface area contributed by atoms with Gasteiger partial charge in [0.25, 0.3) is 0 Å². The highest BCUT2D eigenvalue weighted by Gasteiger charge is 2.16. The van der Waals surface area contributed by atoms with Crippen molar-refractivity contribution < 1.29 is 23.5 Å². The number of para-hydroxylation sites is 1. The van der Waals surface area contributed by atoms with Gasteiger partial charge in [0.2, 0.25) is 0 Å². The second-order valence-electron chi connectivity index (χ2n) is 6.71. The number of terminal acetylenes is 1. The summed E-state index contributed by atoms with van der Waals surface area (Å²) in [4.78, 5) is 29.7. The molecule has 2 aromatic carbocycles. The third kappa shape index (κ3) is 4.03. The summed E-state index contributed by atoms with van der Waals surface area (Å²) in [6.45, 7) is 4.62. The molecule has 0 N–H and O–H groups in total. The lowest BCUT2D eigenvalue weighted by Gasteiger charge is -2.03. The summed E-state index contributed by atoms with van der Waals surface area (Å²) in [5.41, 5.74) is 1.70. The molecule has 2 heterocycles. The van der Waals surface area contributed by atoms with Gasteiger partial charge in [0, 0.05) is 5.39 Å². The SMILES string of the molecule is C#CCn1c(=NC(=O)c2cc3cccc(OCC)c3o2)sc2cc(C(=O)OCC)ccc21. The topological polar surface area (TPSA) is 83.0 Å². The van der Waals surface area contributed by atoms with Crippen molar-refractivity contribution in [3.63, 3.8) is 0 Å². The number of rotatable bonds is 6. The van der Waals surface area contributed by atoms with E-state index in [9.17, 15) is 9.59 Å². The molecular formula is C24H20N2O5S. The highest BCUT2D eigenvalue weighted by Crippen LogP contribution is 2.29. The minimum absolute atomic E-state index is 0.101. The van der Waals surface area contributed by atoms with Gasteiger partial charge in [-0.2, -0.15) is 4.99 Å². The standard InChI is InChI=1S/C24H20N2O5S/c1-4-12-26-17-11-10-16(23(28)30-6-3)14-20(17)32-24(26)25-22(27)19-13-15-8-7-9-18(29-5-2)21(15)31-19/h1,7-11,13-14H,5-6,12H2,2-3H3. The van der Waals surface area contributed by atoms with E-state index in [4.69, 9.17) is 20.3 Å². The number of thiazole rings is 1. The molecular weight excluding hydrogens is 428 g/mol. The fraction of sp³-hybridized carbons (Fsp3) is 0.208. The minimum atomic E-state index is -0.536. The van der Waals surface area contributed by atoms with Crippen LogP contribution in [-0.2, 0) is 11.3 Å². The molecule has 32 heavy (non-hydrogen) atoms. The molecule has 4 aromatic rings. The first kappa shape index (κ1) is 21.4. The van der Waals surface area contributed by atoms with Crippen LogP contribution < -0.4 is 9.54 Å². The van der Waals surface area contributed by atoms with Gasteiger partial charge in [-0.15, -0.1) is 6.42 Å². The van der Waals surface area contributed by atoms with Crippen LogP contribution in [0.25, 0.3) is 21.2 Å². The van der Waals surface area contributed by atoms with Crippen molar-refractivity contribution in [2.24, 2.45) is 4.99 Å². The van der Waals surface area contributed by atoms with Gasteiger partial charge in [-0.05, 0) is 44.2 Å². The van der Waals surface area contributed by atoms with Crippen LogP contribution in [0.15, 0.2) is 51.9 Å². The Kier molecular flexibility index (Phi) is 6.10. The molecule has 0 bridgehead atoms. The fourth-order valence-corrected chi connectivity index (χ4v) is 4.36. The molecule has 0 atom stereocenters. The number of hydrogen-bond donors (Lipinski definition) is 0. The largest absolute Gasteiger partial charge is 0.490 e. The van der Waals surface area contributed by atoms with Crippen molar-refractivity contribution in [2.45, 2.75) is 20.4 Å². The summed E-state index contributed by atoms with van der Waals surface area (Å²) >= 11 is 1.26. The predicted molar refractivity (Wildman–Crippen MR) is 122 cm³/mol. The van der Waals surface area contributed by atoms with E-state index in [0.29, 0.717) is 28.3 Å². The van der Waals surface area contributed by atoms with Crippen molar-refractivity contribution in [1.82, 2.24) is 4.57 Å². The third-order valence-corrected chi connectivity index (χ3v) is 5.70. The average Bonchev–Trinajstić information content (AvgIpc) is 3.36. The van der Waals surface area contributed by atoms with Gasteiger partial charge < -0.3 is 18.5 Å². The zero-order valence-corrected chi connectivity index (χ0v) is 18.4. The molecule has 4 rings (SSSR count). The van der Waals surface area contributed by atoms with E-state index in [2.05, 4.69) is 10.9 Å². The van der Waals surface area contributed by atoms with Crippen LogP contribution in [0.3, 0.4) is 0 Å². The molecule has 0 aliphatic carbocycles. The lowest BCUT2D eigenvalue weighted by Crippen LogP contribution is -2.16. The summed E-state index contributed by atoms with van der Waals surface area (Å²) in [6.07, 6.45) is 5.54. The maximum Gasteiger partial charge on any atom is 0.338 e. The number of aromatic nitrogens is 1. The predicted octanol–water partition coefficient (Wildman–Crippen LogP) is 4.40. The Labute approximate surface area is 187 Å². The normalized spacial score (nSPS) is 11.6. The van der Waals surface area contributed by atoms with Crippen molar-refractivity contribution in [1.29, 1.82) is 0 Å². The number of hydrogen-bond acceptors (Lipinski definition) is 6. The van der Waals surface area contributed by atoms with E-state index in [0.717, 1.165) is 15.6 Å². The van der Waals surface area contributed by atoms with E-state index >= 15 is 0 Å². The number of amides is 1.